The second-order valence-corrected chi connectivity index (χ2v) is 11.3. The van der Waals surface area contributed by atoms with Crippen LogP contribution in [0.15, 0.2) is 24.4 Å². The van der Waals surface area contributed by atoms with Gasteiger partial charge in [0.05, 0.1) is 35.6 Å². The molecule has 2 aromatic rings. The summed E-state index contributed by atoms with van der Waals surface area (Å²) in [6.45, 7) is 7.95. The number of nitrogens with zero attached hydrogens (tertiary/aromatic N) is 3. The number of carbonyl (C=O) groups is 1. The van der Waals surface area contributed by atoms with Gasteiger partial charge in [-0.05, 0) is 54.7 Å². The van der Waals surface area contributed by atoms with Crippen LogP contribution < -0.4 is 10.2 Å². The molecule has 194 valence electrons. The van der Waals surface area contributed by atoms with Crippen LogP contribution >= 0.6 is 11.6 Å². The molecule has 2 N–H and O–H groups in total. The van der Waals surface area contributed by atoms with Crippen molar-refractivity contribution in [3.8, 4) is 0 Å². The summed E-state index contributed by atoms with van der Waals surface area (Å²) in [5, 5.41) is 16.3. The predicted octanol–water partition coefficient (Wildman–Crippen LogP) is 3.31. The number of carbonyl (C=O) groups excluding carboxylic acids is 1. The summed E-state index contributed by atoms with van der Waals surface area (Å²) in [5.74, 6) is 0.711. The summed E-state index contributed by atoms with van der Waals surface area (Å²) >= 11 is 6.71. The van der Waals surface area contributed by atoms with Crippen LogP contribution in [0.3, 0.4) is 0 Å². The van der Waals surface area contributed by atoms with Gasteiger partial charge in [0.1, 0.15) is 5.82 Å². The number of aliphatic hydroxyl groups is 1. The predicted molar refractivity (Wildman–Crippen MR) is 140 cm³/mol. The van der Waals surface area contributed by atoms with Crippen molar-refractivity contribution in [3.63, 3.8) is 0 Å². The number of nitrogens with one attached hydrogen (secondary N) is 1. The van der Waals surface area contributed by atoms with Gasteiger partial charge in [-0.15, -0.1) is 0 Å². The number of anilines is 2. The van der Waals surface area contributed by atoms with Gasteiger partial charge in [-0.3, -0.25) is 9.69 Å². The van der Waals surface area contributed by atoms with Crippen LogP contribution in [0.4, 0.5) is 11.5 Å². The van der Waals surface area contributed by atoms with Gasteiger partial charge in [0.15, 0.2) is 0 Å². The van der Waals surface area contributed by atoms with Crippen molar-refractivity contribution < 1.29 is 19.4 Å². The van der Waals surface area contributed by atoms with E-state index >= 15 is 0 Å². The molecular formula is C27H35ClN4O4. The Bertz CT molecular complexity index is 1150. The molecule has 4 heterocycles. The number of fused-ring (bicyclic) bond motifs is 1. The minimum absolute atomic E-state index is 0.0613. The van der Waals surface area contributed by atoms with Crippen LogP contribution in [0.1, 0.15) is 32.6 Å². The number of ether oxygens (including phenoxy) is 2. The van der Waals surface area contributed by atoms with E-state index in [-0.39, 0.29) is 22.8 Å². The summed E-state index contributed by atoms with van der Waals surface area (Å²) in [6.07, 6.45) is 5.08. The lowest BCUT2D eigenvalue weighted by Gasteiger charge is -2.47. The van der Waals surface area contributed by atoms with E-state index in [1.165, 1.54) is 0 Å². The highest BCUT2D eigenvalue weighted by atomic mass is 35.5. The summed E-state index contributed by atoms with van der Waals surface area (Å²) in [6, 6.07) is 6.00. The molecule has 0 unspecified atom stereocenters. The third kappa shape index (κ3) is 4.17. The van der Waals surface area contributed by atoms with E-state index in [1.807, 2.05) is 12.1 Å². The van der Waals surface area contributed by atoms with Crippen LogP contribution in [0.25, 0.3) is 10.8 Å². The second kappa shape index (κ2) is 9.40. The molecule has 1 saturated carbocycles. The maximum absolute atomic E-state index is 12.9. The first-order valence-electron chi connectivity index (χ1n) is 13.2. The number of amides is 1. The molecule has 4 aliphatic rings. The van der Waals surface area contributed by atoms with Gasteiger partial charge in [-0.25, -0.2) is 4.98 Å². The summed E-state index contributed by atoms with van der Waals surface area (Å²) in [5.41, 5.74) is 0.839. The number of piperazine rings is 1. The maximum atomic E-state index is 12.9. The van der Waals surface area contributed by atoms with Gasteiger partial charge in [-0.2, -0.15) is 0 Å². The minimum Gasteiger partial charge on any atom is -0.389 e. The zero-order chi connectivity index (χ0) is 24.9. The lowest BCUT2D eigenvalue weighted by molar-refractivity contribution is -0.118. The summed E-state index contributed by atoms with van der Waals surface area (Å²) in [4.78, 5) is 22.1. The third-order valence-electron chi connectivity index (χ3n) is 9.14. The zero-order valence-electron chi connectivity index (χ0n) is 20.8. The smallest absolute Gasteiger partial charge is 0.229 e. The van der Waals surface area contributed by atoms with Crippen LogP contribution in [-0.2, 0) is 14.3 Å². The maximum Gasteiger partial charge on any atom is 0.229 e. The minimum atomic E-state index is -0.448. The molecule has 36 heavy (non-hydrogen) atoms. The molecule has 0 bridgehead atoms. The third-order valence-corrected chi connectivity index (χ3v) is 9.45. The Morgan fingerprint density at radius 1 is 1.17 bits per heavy atom. The van der Waals surface area contributed by atoms with Crippen LogP contribution in [0.5, 0.6) is 0 Å². The first-order chi connectivity index (χ1) is 17.4. The number of aliphatic hydroxyl groups excluding tert-OH is 1. The fourth-order valence-corrected chi connectivity index (χ4v) is 6.87. The number of aromatic nitrogens is 1. The molecule has 0 radical (unpaired) electrons. The molecule has 8 nitrogen and oxygen atoms in total. The SMILES string of the molecule is CC[C@@]1(N2CCN(c3cc4cc(NC(=O)[C@@H]5CC56CCOCC6)ncc4cc3Cl)CC2)COC[C@@H]1O. The number of rotatable bonds is 5. The summed E-state index contributed by atoms with van der Waals surface area (Å²) in [7, 11) is 0. The van der Waals surface area contributed by atoms with Gasteiger partial charge < -0.3 is 24.8 Å². The molecule has 3 atom stereocenters. The fourth-order valence-electron chi connectivity index (χ4n) is 6.58. The molecule has 1 aromatic heterocycles. The summed E-state index contributed by atoms with van der Waals surface area (Å²) < 4.78 is 11.1. The van der Waals surface area contributed by atoms with E-state index in [0.717, 1.165) is 81.5 Å². The molecule has 1 aliphatic carbocycles. The highest BCUT2D eigenvalue weighted by Gasteiger charge is 2.58. The standard InChI is InChI=1S/C27H35ClN4O4/c1-2-27(17-36-16-23(27)33)32-7-5-31(6-8-32)22-12-18-13-24(29-15-19(18)11-21(22)28)30-25(34)20-14-26(20)3-9-35-10-4-26/h11-13,15,20,23,33H,2-10,14,16-17H2,1H3,(H,29,30,34)/t20-,23-,27+/m0/s1. The fraction of sp³-hybridized carbons (Fsp3) is 0.630. The van der Waals surface area contributed by atoms with Gasteiger partial charge in [0.25, 0.3) is 0 Å². The molecule has 1 amide bonds. The Morgan fingerprint density at radius 2 is 1.94 bits per heavy atom. The molecule has 3 saturated heterocycles. The van der Waals surface area contributed by atoms with E-state index in [9.17, 15) is 9.90 Å². The van der Waals surface area contributed by atoms with E-state index in [4.69, 9.17) is 21.1 Å². The first-order valence-corrected chi connectivity index (χ1v) is 13.6. The lowest BCUT2D eigenvalue weighted by Crippen LogP contribution is -2.62. The monoisotopic (exact) mass is 514 g/mol. The van der Waals surface area contributed by atoms with E-state index in [0.29, 0.717) is 24.1 Å². The first kappa shape index (κ1) is 24.4. The van der Waals surface area contributed by atoms with Crippen molar-refractivity contribution >= 4 is 39.8 Å². The lowest BCUT2D eigenvalue weighted by atomic mass is 9.89. The topological polar surface area (TPSA) is 87.2 Å². The van der Waals surface area contributed by atoms with Crippen molar-refractivity contribution in [1.29, 1.82) is 0 Å². The molecule has 1 aromatic carbocycles. The van der Waals surface area contributed by atoms with E-state index in [2.05, 4.69) is 33.1 Å². The number of hydrogen-bond donors (Lipinski definition) is 2. The molecule has 1 spiro atoms. The van der Waals surface area contributed by atoms with Crippen LogP contribution in [0, 0.1) is 11.3 Å². The molecule has 6 rings (SSSR count). The Labute approximate surface area is 216 Å². The average molecular weight is 515 g/mol. The number of halogens is 1. The number of hydrogen-bond acceptors (Lipinski definition) is 7. The Hall–Kier alpha value is -1.97. The van der Waals surface area contributed by atoms with Crippen molar-refractivity contribution in [1.82, 2.24) is 9.88 Å². The largest absolute Gasteiger partial charge is 0.389 e. The van der Waals surface area contributed by atoms with Gasteiger partial charge in [-0.1, -0.05) is 18.5 Å². The molecule has 9 heteroatoms. The van der Waals surface area contributed by atoms with Crippen molar-refractivity contribution in [2.24, 2.45) is 11.3 Å². The van der Waals surface area contributed by atoms with Gasteiger partial charge in [0.2, 0.25) is 5.91 Å². The highest BCUT2D eigenvalue weighted by Crippen LogP contribution is 2.59. The highest BCUT2D eigenvalue weighted by molar-refractivity contribution is 6.34. The van der Waals surface area contributed by atoms with E-state index < -0.39 is 6.10 Å². The zero-order valence-corrected chi connectivity index (χ0v) is 21.6. The van der Waals surface area contributed by atoms with Gasteiger partial charge in [0, 0.05) is 56.9 Å². The van der Waals surface area contributed by atoms with Gasteiger partial charge >= 0.3 is 0 Å². The quantitative estimate of drug-likeness (QED) is 0.633. The van der Waals surface area contributed by atoms with Crippen molar-refractivity contribution in [2.75, 3.05) is 62.8 Å². The van der Waals surface area contributed by atoms with E-state index in [1.54, 1.807) is 6.20 Å². The Morgan fingerprint density at radius 3 is 2.64 bits per heavy atom. The Kier molecular flexibility index (Phi) is 6.37. The molecule has 3 aliphatic heterocycles. The van der Waals surface area contributed by atoms with Crippen LogP contribution in [-0.4, -0.2) is 85.1 Å². The van der Waals surface area contributed by atoms with Crippen molar-refractivity contribution in [2.45, 2.75) is 44.2 Å². The molecule has 4 fully saturated rings. The Balaban J connectivity index is 1.16. The van der Waals surface area contributed by atoms with Crippen LogP contribution in [0.2, 0.25) is 5.02 Å². The number of benzene rings is 1. The number of pyridine rings is 1. The molecular weight excluding hydrogens is 480 g/mol. The average Bonchev–Trinajstić information content (AvgIpc) is 3.45. The van der Waals surface area contributed by atoms with Crippen molar-refractivity contribution in [3.05, 3.63) is 29.4 Å². The normalized spacial score (nSPS) is 30.1. The second-order valence-electron chi connectivity index (χ2n) is 10.9.